The van der Waals surface area contributed by atoms with Crippen LogP contribution in [0, 0.1) is 6.92 Å². The molecule has 0 aliphatic rings. The van der Waals surface area contributed by atoms with Crippen molar-refractivity contribution in [2.45, 2.75) is 18.4 Å². The zero-order valence-corrected chi connectivity index (χ0v) is 16.9. The van der Waals surface area contributed by atoms with Gasteiger partial charge in [0.05, 0.1) is 0 Å². The summed E-state index contributed by atoms with van der Waals surface area (Å²) in [5.41, 5.74) is 7.20. The van der Waals surface area contributed by atoms with Gasteiger partial charge in [-0.2, -0.15) is 8.42 Å². The number of benzene rings is 2. The average Bonchev–Trinajstić information content (AvgIpc) is 2.63. The first kappa shape index (κ1) is 21.5. The number of halogens is 1. The summed E-state index contributed by atoms with van der Waals surface area (Å²) in [4.78, 5) is 0.105. The molecule has 0 saturated heterocycles. The second kappa shape index (κ2) is 9.43. The number of aromatic nitrogens is 1. The average molecular weight is 421 g/mol. The van der Waals surface area contributed by atoms with Gasteiger partial charge in [0, 0.05) is 23.9 Å². The van der Waals surface area contributed by atoms with Crippen LogP contribution in [0.3, 0.4) is 0 Å². The van der Waals surface area contributed by atoms with Gasteiger partial charge in [-0.15, -0.1) is 0 Å². The Balaban J connectivity index is 0.00000280. The van der Waals surface area contributed by atoms with E-state index in [4.69, 9.17) is 14.7 Å². The summed E-state index contributed by atoms with van der Waals surface area (Å²) in [5, 5.41) is 0. The van der Waals surface area contributed by atoms with Gasteiger partial charge in [-0.05, 0) is 36.8 Å². The highest BCUT2D eigenvalue weighted by molar-refractivity contribution is 7.87. The van der Waals surface area contributed by atoms with E-state index in [0.29, 0.717) is 24.6 Å². The lowest BCUT2D eigenvalue weighted by molar-refractivity contribution is -0.697. The topological polar surface area (TPSA) is 82.5 Å². The van der Waals surface area contributed by atoms with Gasteiger partial charge in [-0.25, -0.2) is 4.57 Å². The summed E-state index contributed by atoms with van der Waals surface area (Å²) >= 11 is 0. The molecule has 2 aromatic carbocycles. The predicted octanol–water partition coefficient (Wildman–Crippen LogP) is -0.285. The zero-order valence-electron chi connectivity index (χ0n) is 15.3. The number of anilines is 1. The number of ether oxygens (including phenoxy) is 1. The van der Waals surface area contributed by atoms with Crippen molar-refractivity contribution < 1.29 is 34.3 Å². The first-order valence-corrected chi connectivity index (χ1v) is 9.82. The SMILES string of the molecule is Cc1cc(OCC[n+]2ccc(N)cc2)cc(OS(=O)(=O)c2ccccc2)c1.[Cl-]. The third-order valence-corrected chi connectivity index (χ3v) is 5.06. The Bertz CT molecular complexity index is 1010. The number of hydrogen-bond donors (Lipinski definition) is 1. The monoisotopic (exact) mass is 420 g/mol. The number of nitrogen functional groups attached to an aromatic ring is 1. The molecule has 0 atom stereocenters. The van der Waals surface area contributed by atoms with Gasteiger partial charge in [0.1, 0.15) is 23.0 Å². The number of aryl methyl sites for hydroxylation is 1. The van der Waals surface area contributed by atoms with Crippen molar-refractivity contribution in [1.82, 2.24) is 0 Å². The van der Waals surface area contributed by atoms with E-state index in [9.17, 15) is 8.42 Å². The number of pyridine rings is 1. The number of nitrogens with zero attached hydrogens (tertiary/aromatic N) is 1. The maximum Gasteiger partial charge on any atom is 0.339 e. The molecule has 0 spiro atoms. The van der Waals surface area contributed by atoms with Crippen LogP contribution >= 0.6 is 0 Å². The van der Waals surface area contributed by atoms with E-state index in [1.165, 1.54) is 12.1 Å². The van der Waals surface area contributed by atoms with Crippen molar-refractivity contribution in [3.63, 3.8) is 0 Å². The summed E-state index contributed by atoms with van der Waals surface area (Å²) in [6.07, 6.45) is 3.74. The highest BCUT2D eigenvalue weighted by atomic mass is 35.5. The lowest BCUT2D eigenvalue weighted by Gasteiger charge is -2.10. The van der Waals surface area contributed by atoms with Gasteiger partial charge in [-0.3, -0.25) is 0 Å². The summed E-state index contributed by atoms with van der Waals surface area (Å²) in [6.45, 7) is 2.90. The molecule has 0 bridgehead atoms. The maximum atomic E-state index is 12.4. The Morgan fingerprint density at radius 1 is 0.964 bits per heavy atom. The third kappa shape index (κ3) is 5.87. The van der Waals surface area contributed by atoms with Crippen LogP contribution in [0.25, 0.3) is 0 Å². The molecule has 0 unspecified atom stereocenters. The minimum atomic E-state index is -3.89. The van der Waals surface area contributed by atoms with Crippen LogP contribution < -0.4 is 31.6 Å². The lowest BCUT2D eigenvalue weighted by Crippen LogP contribution is -3.00. The van der Waals surface area contributed by atoms with Crippen LogP contribution in [-0.2, 0) is 16.7 Å². The van der Waals surface area contributed by atoms with Crippen LogP contribution in [-0.4, -0.2) is 15.0 Å². The molecule has 0 aliphatic heterocycles. The molecule has 6 nitrogen and oxygen atoms in total. The normalized spacial score (nSPS) is 10.8. The van der Waals surface area contributed by atoms with Gasteiger partial charge in [0.2, 0.25) is 0 Å². The van der Waals surface area contributed by atoms with Crippen molar-refractivity contribution in [2.75, 3.05) is 12.3 Å². The van der Waals surface area contributed by atoms with Crippen molar-refractivity contribution in [1.29, 1.82) is 0 Å². The van der Waals surface area contributed by atoms with E-state index < -0.39 is 10.1 Å². The van der Waals surface area contributed by atoms with Crippen molar-refractivity contribution in [3.05, 3.63) is 78.6 Å². The molecule has 148 valence electrons. The van der Waals surface area contributed by atoms with Crippen LogP contribution in [0.1, 0.15) is 5.56 Å². The van der Waals surface area contributed by atoms with Gasteiger partial charge in [0.15, 0.2) is 18.9 Å². The lowest BCUT2D eigenvalue weighted by atomic mass is 10.2. The molecule has 3 rings (SSSR count). The smallest absolute Gasteiger partial charge is 0.339 e. The molecule has 28 heavy (non-hydrogen) atoms. The molecule has 1 heterocycles. The molecule has 3 aromatic rings. The number of rotatable bonds is 7. The minimum absolute atomic E-state index is 0. The van der Waals surface area contributed by atoms with Crippen molar-refractivity contribution in [2.24, 2.45) is 0 Å². The van der Waals surface area contributed by atoms with Gasteiger partial charge < -0.3 is 27.1 Å². The highest BCUT2D eigenvalue weighted by Gasteiger charge is 2.16. The maximum absolute atomic E-state index is 12.4. The molecule has 0 fully saturated rings. The molecular weight excluding hydrogens is 400 g/mol. The van der Waals surface area contributed by atoms with E-state index in [1.54, 1.807) is 30.3 Å². The van der Waals surface area contributed by atoms with Crippen LogP contribution in [0.4, 0.5) is 5.69 Å². The second-order valence-electron chi connectivity index (χ2n) is 6.05. The molecule has 0 saturated carbocycles. The van der Waals surface area contributed by atoms with Crippen molar-refractivity contribution in [3.8, 4) is 11.5 Å². The summed E-state index contributed by atoms with van der Waals surface area (Å²) in [5.74, 6) is 0.762. The summed E-state index contributed by atoms with van der Waals surface area (Å²) in [6, 6.07) is 16.7. The van der Waals surface area contributed by atoms with E-state index in [1.807, 2.05) is 42.1 Å². The number of hydrogen-bond acceptors (Lipinski definition) is 5. The second-order valence-corrected chi connectivity index (χ2v) is 7.60. The van der Waals surface area contributed by atoms with E-state index in [2.05, 4.69) is 0 Å². The summed E-state index contributed by atoms with van der Waals surface area (Å²) < 4.78 is 37.7. The van der Waals surface area contributed by atoms with Gasteiger partial charge >= 0.3 is 10.1 Å². The first-order valence-electron chi connectivity index (χ1n) is 8.41. The fourth-order valence-corrected chi connectivity index (χ4v) is 3.43. The Morgan fingerprint density at radius 2 is 1.61 bits per heavy atom. The van der Waals surface area contributed by atoms with Gasteiger partial charge in [-0.1, -0.05) is 18.2 Å². The van der Waals surface area contributed by atoms with Crippen molar-refractivity contribution >= 4 is 15.8 Å². The molecule has 0 amide bonds. The quantitative estimate of drug-likeness (QED) is 0.420. The Hall–Kier alpha value is -2.77. The Labute approximate surface area is 171 Å². The molecular formula is C20H21ClN2O4S. The third-order valence-electron chi connectivity index (χ3n) is 3.80. The van der Waals surface area contributed by atoms with Crippen LogP contribution in [0.5, 0.6) is 11.5 Å². The van der Waals surface area contributed by atoms with Gasteiger partial charge in [0.25, 0.3) is 0 Å². The van der Waals surface area contributed by atoms with E-state index in [0.717, 1.165) is 5.56 Å². The molecule has 2 N–H and O–H groups in total. The summed E-state index contributed by atoms with van der Waals surface area (Å²) in [7, 11) is -3.89. The number of nitrogens with two attached hydrogens (primary N) is 1. The minimum Gasteiger partial charge on any atom is -1.00 e. The molecule has 8 heteroatoms. The predicted molar refractivity (Wildman–Crippen MR) is 102 cm³/mol. The largest absolute Gasteiger partial charge is 1.00 e. The van der Waals surface area contributed by atoms with Crippen LogP contribution in [0.2, 0.25) is 0 Å². The highest BCUT2D eigenvalue weighted by Crippen LogP contribution is 2.25. The molecule has 0 aliphatic carbocycles. The fraction of sp³-hybridized carbons (Fsp3) is 0.150. The fourth-order valence-electron chi connectivity index (χ4n) is 2.49. The first-order chi connectivity index (χ1) is 12.9. The van der Waals surface area contributed by atoms with E-state index >= 15 is 0 Å². The molecule has 0 radical (unpaired) electrons. The molecule has 1 aromatic heterocycles. The zero-order chi connectivity index (χ0) is 19.3. The Morgan fingerprint density at radius 3 is 2.29 bits per heavy atom. The Kier molecular flexibility index (Phi) is 7.25. The standard InChI is InChI=1S/C20H20N2O4S.ClH/c1-16-13-18(25-12-11-22-9-7-17(21)8-10-22)15-19(14-16)26-27(23,24)20-5-3-2-4-6-20;/h2-10,13-15,21H,11-12H2,1H3;1H. The van der Waals surface area contributed by atoms with Crippen LogP contribution in [0.15, 0.2) is 78.0 Å². The van der Waals surface area contributed by atoms with E-state index in [-0.39, 0.29) is 23.1 Å².